The number of hydrogen-bond donors (Lipinski definition) is 1. The van der Waals surface area contributed by atoms with E-state index in [2.05, 4.69) is 5.32 Å². The Balaban J connectivity index is 1.84. The molecule has 6 heteroatoms. The van der Waals surface area contributed by atoms with E-state index in [0.717, 1.165) is 5.56 Å². The third-order valence-electron chi connectivity index (χ3n) is 3.99. The molecule has 1 N–H and O–H groups in total. The summed E-state index contributed by atoms with van der Waals surface area (Å²) >= 11 is 0. The number of carbonyl (C=O) groups excluding carboxylic acids is 2. The molecule has 3 rings (SSSR count). The Morgan fingerprint density at radius 1 is 1.23 bits per heavy atom. The van der Waals surface area contributed by atoms with E-state index in [9.17, 15) is 9.59 Å². The lowest BCUT2D eigenvalue weighted by Gasteiger charge is -2.33. The molecule has 6 nitrogen and oxygen atoms in total. The minimum atomic E-state index is -0.576. The molecule has 0 bridgehead atoms. The highest BCUT2D eigenvalue weighted by atomic mass is 16.6. The number of nitrogens with one attached hydrogen (secondary N) is 1. The van der Waals surface area contributed by atoms with Gasteiger partial charge in [-0.05, 0) is 5.56 Å². The molecule has 1 aromatic rings. The van der Waals surface area contributed by atoms with Crippen LogP contribution < -0.4 is 5.32 Å². The van der Waals surface area contributed by atoms with Crippen LogP contribution in [0.2, 0.25) is 0 Å². The molecule has 0 unspecified atom stereocenters. The standard InChI is InChI=1S/C16H20N2O4/c19-15-10-13(12-4-2-1-3-5-12)18(7-6-17-15)16(20)14-11-21-8-9-22-14/h1-5,13-14H,6-11H2,(H,17,19)/t13-,14-/m1/s1. The number of hydrogen-bond acceptors (Lipinski definition) is 4. The molecular weight excluding hydrogens is 284 g/mol. The van der Waals surface area contributed by atoms with Gasteiger partial charge in [-0.25, -0.2) is 0 Å². The van der Waals surface area contributed by atoms with Crippen molar-refractivity contribution in [3.05, 3.63) is 35.9 Å². The van der Waals surface area contributed by atoms with Gasteiger partial charge in [0.05, 0.1) is 32.3 Å². The average Bonchev–Trinajstić information content (AvgIpc) is 2.77. The highest BCUT2D eigenvalue weighted by Gasteiger charge is 2.34. The molecule has 0 aromatic heterocycles. The van der Waals surface area contributed by atoms with E-state index in [0.29, 0.717) is 26.3 Å². The zero-order chi connectivity index (χ0) is 15.4. The van der Waals surface area contributed by atoms with Crippen molar-refractivity contribution < 1.29 is 19.1 Å². The number of nitrogens with zero attached hydrogens (tertiary/aromatic N) is 1. The Morgan fingerprint density at radius 3 is 2.77 bits per heavy atom. The fourth-order valence-electron chi connectivity index (χ4n) is 2.88. The molecule has 118 valence electrons. The lowest BCUT2D eigenvalue weighted by molar-refractivity contribution is -0.160. The molecule has 0 saturated carbocycles. The summed E-state index contributed by atoms with van der Waals surface area (Å²) in [5.41, 5.74) is 0.963. The first-order valence-electron chi connectivity index (χ1n) is 7.57. The summed E-state index contributed by atoms with van der Waals surface area (Å²) in [6, 6.07) is 9.39. The second kappa shape index (κ2) is 6.89. The van der Waals surface area contributed by atoms with Gasteiger partial charge in [0.1, 0.15) is 0 Å². The normalized spacial score (nSPS) is 26.2. The van der Waals surface area contributed by atoms with Gasteiger partial charge in [-0.3, -0.25) is 9.59 Å². The average molecular weight is 304 g/mol. The molecule has 2 fully saturated rings. The van der Waals surface area contributed by atoms with Crippen LogP contribution in [0.4, 0.5) is 0 Å². The van der Waals surface area contributed by atoms with Gasteiger partial charge in [-0.15, -0.1) is 0 Å². The van der Waals surface area contributed by atoms with Crippen LogP contribution in [0.3, 0.4) is 0 Å². The van der Waals surface area contributed by atoms with Gasteiger partial charge < -0.3 is 19.7 Å². The predicted molar refractivity (Wildman–Crippen MR) is 79.1 cm³/mol. The van der Waals surface area contributed by atoms with E-state index >= 15 is 0 Å². The summed E-state index contributed by atoms with van der Waals surface area (Å²) in [6.45, 7) is 2.16. The Bertz CT molecular complexity index is 528. The van der Waals surface area contributed by atoms with Crippen molar-refractivity contribution in [1.29, 1.82) is 0 Å². The van der Waals surface area contributed by atoms with E-state index in [1.54, 1.807) is 4.90 Å². The molecule has 2 amide bonds. The van der Waals surface area contributed by atoms with Crippen molar-refractivity contribution in [2.75, 3.05) is 32.9 Å². The molecular formula is C16H20N2O4. The summed E-state index contributed by atoms with van der Waals surface area (Å²) in [4.78, 5) is 26.4. The molecule has 0 radical (unpaired) electrons. The first-order chi connectivity index (χ1) is 10.8. The van der Waals surface area contributed by atoms with Crippen molar-refractivity contribution >= 4 is 11.8 Å². The van der Waals surface area contributed by atoms with E-state index in [-0.39, 0.29) is 30.9 Å². The summed E-state index contributed by atoms with van der Waals surface area (Å²) in [6.07, 6.45) is -0.309. The molecule has 22 heavy (non-hydrogen) atoms. The monoisotopic (exact) mass is 304 g/mol. The zero-order valence-electron chi connectivity index (χ0n) is 12.4. The number of amides is 2. The predicted octanol–water partition coefficient (Wildman–Crippen LogP) is 0.492. The maximum absolute atomic E-state index is 12.8. The second-order valence-corrected chi connectivity index (χ2v) is 5.45. The smallest absolute Gasteiger partial charge is 0.254 e. The van der Waals surface area contributed by atoms with Crippen molar-refractivity contribution in [3.8, 4) is 0 Å². The summed E-state index contributed by atoms with van der Waals surface area (Å²) in [5, 5.41) is 2.83. The number of benzene rings is 1. The molecule has 0 spiro atoms. The van der Waals surface area contributed by atoms with Gasteiger partial charge >= 0.3 is 0 Å². The third-order valence-corrected chi connectivity index (χ3v) is 3.99. The molecule has 2 atom stereocenters. The number of rotatable bonds is 2. The van der Waals surface area contributed by atoms with E-state index < -0.39 is 6.10 Å². The van der Waals surface area contributed by atoms with Crippen LogP contribution >= 0.6 is 0 Å². The summed E-state index contributed by atoms with van der Waals surface area (Å²) in [5.74, 6) is -0.144. The molecule has 2 aliphatic heterocycles. The Hall–Kier alpha value is -1.92. The Kier molecular flexibility index (Phi) is 4.70. The minimum Gasteiger partial charge on any atom is -0.376 e. The van der Waals surface area contributed by atoms with Gasteiger partial charge in [0.2, 0.25) is 5.91 Å². The van der Waals surface area contributed by atoms with Crippen LogP contribution in [-0.2, 0) is 19.1 Å². The Labute approximate surface area is 129 Å². The van der Waals surface area contributed by atoms with Gasteiger partial charge in [-0.2, -0.15) is 0 Å². The number of ether oxygens (including phenoxy) is 2. The SMILES string of the molecule is O=C1C[C@H](c2ccccc2)N(C(=O)[C@H]2COCCO2)CCN1. The maximum Gasteiger partial charge on any atom is 0.254 e. The molecule has 2 aliphatic rings. The largest absolute Gasteiger partial charge is 0.376 e. The van der Waals surface area contributed by atoms with Crippen LogP contribution in [0.25, 0.3) is 0 Å². The maximum atomic E-state index is 12.8. The van der Waals surface area contributed by atoms with Crippen molar-refractivity contribution in [2.24, 2.45) is 0 Å². The highest BCUT2D eigenvalue weighted by Crippen LogP contribution is 2.27. The van der Waals surface area contributed by atoms with E-state index in [4.69, 9.17) is 9.47 Å². The van der Waals surface area contributed by atoms with Crippen LogP contribution in [0.15, 0.2) is 30.3 Å². The first kappa shape index (κ1) is 15.0. The summed E-state index contributed by atoms with van der Waals surface area (Å²) < 4.78 is 10.9. The van der Waals surface area contributed by atoms with Crippen molar-refractivity contribution in [2.45, 2.75) is 18.6 Å². The quantitative estimate of drug-likeness (QED) is 0.863. The van der Waals surface area contributed by atoms with Crippen LogP contribution in [0.1, 0.15) is 18.0 Å². The van der Waals surface area contributed by atoms with Gasteiger partial charge in [-0.1, -0.05) is 30.3 Å². The van der Waals surface area contributed by atoms with Gasteiger partial charge in [0.15, 0.2) is 6.10 Å². The topological polar surface area (TPSA) is 67.9 Å². The fourth-order valence-corrected chi connectivity index (χ4v) is 2.88. The zero-order valence-corrected chi connectivity index (χ0v) is 12.4. The molecule has 2 saturated heterocycles. The van der Waals surface area contributed by atoms with Crippen LogP contribution in [0.5, 0.6) is 0 Å². The van der Waals surface area contributed by atoms with Crippen molar-refractivity contribution in [3.63, 3.8) is 0 Å². The first-order valence-corrected chi connectivity index (χ1v) is 7.57. The minimum absolute atomic E-state index is 0.0371. The van der Waals surface area contributed by atoms with E-state index in [1.807, 2.05) is 30.3 Å². The Morgan fingerprint density at radius 2 is 2.05 bits per heavy atom. The molecule has 0 aliphatic carbocycles. The lowest BCUT2D eigenvalue weighted by atomic mass is 10.0. The second-order valence-electron chi connectivity index (χ2n) is 5.45. The fraction of sp³-hybridized carbons (Fsp3) is 0.500. The van der Waals surface area contributed by atoms with Crippen LogP contribution in [0, 0.1) is 0 Å². The highest BCUT2D eigenvalue weighted by molar-refractivity contribution is 5.84. The summed E-state index contributed by atoms with van der Waals surface area (Å²) in [7, 11) is 0. The van der Waals surface area contributed by atoms with Crippen molar-refractivity contribution in [1.82, 2.24) is 10.2 Å². The van der Waals surface area contributed by atoms with E-state index in [1.165, 1.54) is 0 Å². The van der Waals surface area contributed by atoms with Gasteiger partial charge in [0.25, 0.3) is 5.91 Å². The molecule has 1 aromatic carbocycles. The van der Waals surface area contributed by atoms with Gasteiger partial charge in [0, 0.05) is 13.1 Å². The lowest BCUT2D eigenvalue weighted by Crippen LogP contribution is -2.47. The number of carbonyl (C=O) groups is 2. The molecule has 2 heterocycles. The third kappa shape index (κ3) is 3.28. The van der Waals surface area contributed by atoms with Crippen LogP contribution in [-0.4, -0.2) is 55.7 Å².